The third-order valence-electron chi connectivity index (χ3n) is 3.75. The third-order valence-corrected chi connectivity index (χ3v) is 3.75. The fourth-order valence-electron chi connectivity index (χ4n) is 2.40. The number of rotatable bonds is 7. The Morgan fingerprint density at radius 1 is 1.28 bits per heavy atom. The zero-order chi connectivity index (χ0) is 18.2. The van der Waals surface area contributed by atoms with Crippen LogP contribution in [0.1, 0.15) is 24.7 Å². The molecule has 0 spiro atoms. The van der Waals surface area contributed by atoms with Crippen molar-refractivity contribution in [2.75, 3.05) is 20.2 Å². The lowest BCUT2D eigenvalue weighted by Crippen LogP contribution is -2.40. The number of carbonyl (C=O) groups excluding carboxylic acids is 2. The summed E-state index contributed by atoms with van der Waals surface area (Å²) >= 11 is 0. The Morgan fingerprint density at radius 3 is 2.64 bits per heavy atom. The van der Waals surface area contributed by atoms with Crippen LogP contribution in [0.5, 0.6) is 0 Å². The topological polar surface area (TPSA) is 87.3 Å². The minimum atomic E-state index is -0.621. The highest BCUT2D eigenvalue weighted by Crippen LogP contribution is 2.18. The van der Waals surface area contributed by atoms with E-state index in [1.807, 2.05) is 38.1 Å². The first-order valence-corrected chi connectivity index (χ1v) is 8.24. The Hall–Kier alpha value is -2.83. The molecule has 0 saturated carbocycles. The standard InChI is InChI=1S/C18H24N4O3/c1-4-9-22(17(23)11-20-18(24)25-3)12-16-19-10-15(21-16)14-7-5-13(2)6-8-14/h5-8,10H,4,9,11-12H2,1-3H3,(H,19,21)(H,20,24). The molecule has 7 nitrogen and oxygen atoms in total. The van der Waals surface area contributed by atoms with Crippen molar-refractivity contribution >= 4 is 12.0 Å². The molecule has 2 aromatic rings. The molecule has 2 amide bonds. The minimum Gasteiger partial charge on any atom is -0.453 e. The second-order valence-electron chi connectivity index (χ2n) is 5.77. The number of imidazole rings is 1. The Morgan fingerprint density at radius 2 is 2.00 bits per heavy atom. The zero-order valence-electron chi connectivity index (χ0n) is 14.8. The Kier molecular flexibility index (Phi) is 6.56. The van der Waals surface area contributed by atoms with Gasteiger partial charge in [-0.15, -0.1) is 0 Å². The van der Waals surface area contributed by atoms with Gasteiger partial charge >= 0.3 is 6.09 Å². The van der Waals surface area contributed by atoms with E-state index in [0.29, 0.717) is 18.9 Å². The maximum Gasteiger partial charge on any atom is 0.407 e. The van der Waals surface area contributed by atoms with Gasteiger partial charge in [0.15, 0.2) is 0 Å². The van der Waals surface area contributed by atoms with Gasteiger partial charge in [0.1, 0.15) is 12.4 Å². The lowest BCUT2D eigenvalue weighted by atomic mass is 10.1. The molecule has 0 radical (unpaired) electrons. The maximum atomic E-state index is 12.3. The molecule has 1 aromatic carbocycles. The number of carbonyl (C=O) groups is 2. The average molecular weight is 344 g/mol. The van der Waals surface area contributed by atoms with Gasteiger partial charge in [0.2, 0.25) is 5.91 Å². The molecule has 0 aliphatic rings. The van der Waals surface area contributed by atoms with Gasteiger partial charge < -0.3 is 19.9 Å². The van der Waals surface area contributed by atoms with Crippen LogP contribution < -0.4 is 5.32 Å². The molecule has 0 unspecified atom stereocenters. The van der Waals surface area contributed by atoms with Crippen molar-refractivity contribution in [1.29, 1.82) is 0 Å². The highest BCUT2D eigenvalue weighted by molar-refractivity contribution is 5.82. The summed E-state index contributed by atoms with van der Waals surface area (Å²) in [6.07, 6.45) is 1.96. The molecule has 0 aliphatic carbocycles. The smallest absolute Gasteiger partial charge is 0.407 e. The largest absolute Gasteiger partial charge is 0.453 e. The first kappa shape index (κ1) is 18.5. The molecule has 1 heterocycles. The molecule has 0 aliphatic heterocycles. The van der Waals surface area contributed by atoms with Crippen molar-refractivity contribution in [3.63, 3.8) is 0 Å². The van der Waals surface area contributed by atoms with Crippen molar-refractivity contribution in [2.24, 2.45) is 0 Å². The molecule has 0 fully saturated rings. The number of nitrogens with zero attached hydrogens (tertiary/aromatic N) is 2. The zero-order valence-corrected chi connectivity index (χ0v) is 14.8. The monoisotopic (exact) mass is 344 g/mol. The Labute approximate surface area is 147 Å². The number of alkyl carbamates (subject to hydrolysis) is 1. The Balaban J connectivity index is 2.03. The van der Waals surface area contributed by atoms with Gasteiger partial charge in [-0.1, -0.05) is 36.8 Å². The fourth-order valence-corrected chi connectivity index (χ4v) is 2.40. The first-order chi connectivity index (χ1) is 12.0. The summed E-state index contributed by atoms with van der Waals surface area (Å²) in [4.78, 5) is 32.7. The molecule has 25 heavy (non-hydrogen) atoms. The molecular formula is C18H24N4O3. The van der Waals surface area contributed by atoms with Crippen molar-refractivity contribution in [3.8, 4) is 11.3 Å². The normalized spacial score (nSPS) is 10.4. The van der Waals surface area contributed by atoms with E-state index in [0.717, 1.165) is 17.7 Å². The second kappa shape index (κ2) is 8.86. The van der Waals surface area contributed by atoms with E-state index in [1.54, 1.807) is 11.1 Å². The van der Waals surface area contributed by atoms with Crippen molar-refractivity contribution < 1.29 is 14.3 Å². The molecule has 0 bridgehead atoms. The number of aryl methyl sites for hydroxylation is 1. The SMILES string of the molecule is CCCN(Cc1ncc(-c2ccc(C)cc2)[nH]1)C(=O)CNC(=O)OC. The number of hydrogen-bond donors (Lipinski definition) is 2. The summed E-state index contributed by atoms with van der Waals surface area (Å²) < 4.78 is 4.48. The van der Waals surface area contributed by atoms with Crippen LogP contribution in [0.2, 0.25) is 0 Å². The average Bonchev–Trinajstić information content (AvgIpc) is 3.08. The lowest BCUT2D eigenvalue weighted by molar-refractivity contribution is -0.130. The summed E-state index contributed by atoms with van der Waals surface area (Å²) in [6.45, 7) is 4.88. The lowest BCUT2D eigenvalue weighted by Gasteiger charge is -2.21. The first-order valence-electron chi connectivity index (χ1n) is 8.24. The van der Waals surface area contributed by atoms with Crippen LogP contribution in [-0.4, -0.2) is 47.1 Å². The van der Waals surface area contributed by atoms with Crippen LogP contribution in [0.3, 0.4) is 0 Å². The number of ether oxygens (including phenoxy) is 1. The number of hydrogen-bond acceptors (Lipinski definition) is 4. The van der Waals surface area contributed by atoms with Crippen LogP contribution >= 0.6 is 0 Å². The van der Waals surface area contributed by atoms with Gasteiger partial charge in [0.25, 0.3) is 0 Å². The van der Waals surface area contributed by atoms with Gasteiger partial charge in [0.05, 0.1) is 25.5 Å². The predicted octanol–water partition coefficient (Wildman–Crippen LogP) is 2.48. The number of aromatic amines is 1. The second-order valence-corrected chi connectivity index (χ2v) is 5.77. The molecule has 134 valence electrons. The van der Waals surface area contributed by atoms with Crippen LogP contribution in [0.4, 0.5) is 4.79 Å². The van der Waals surface area contributed by atoms with Crippen LogP contribution in [0.25, 0.3) is 11.3 Å². The van der Waals surface area contributed by atoms with Crippen LogP contribution in [0.15, 0.2) is 30.5 Å². The molecule has 2 rings (SSSR count). The highest BCUT2D eigenvalue weighted by atomic mass is 16.5. The van der Waals surface area contributed by atoms with E-state index >= 15 is 0 Å². The molecule has 7 heteroatoms. The summed E-state index contributed by atoms with van der Waals surface area (Å²) in [5.41, 5.74) is 3.15. The molecule has 0 atom stereocenters. The van der Waals surface area contributed by atoms with Crippen LogP contribution in [-0.2, 0) is 16.1 Å². The number of aromatic nitrogens is 2. The maximum absolute atomic E-state index is 12.3. The van der Waals surface area contributed by atoms with Gasteiger partial charge in [-0.25, -0.2) is 9.78 Å². The van der Waals surface area contributed by atoms with Crippen LogP contribution in [0, 0.1) is 6.92 Å². The fraction of sp³-hybridized carbons (Fsp3) is 0.389. The quantitative estimate of drug-likeness (QED) is 0.808. The minimum absolute atomic E-state index is 0.0990. The van der Waals surface area contributed by atoms with Gasteiger partial charge in [-0.05, 0) is 18.9 Å². The number of methoxy groups -OCH3 is 1. The molecule has 2 N–H and O–H groups in total. The van der Waals surface area contributed by atoms with Gasteiger partial charge in [-0.2, -0.15) is 0 Å². The summed E-state index contributed by atoms with van der Waals surface area (Å²) in [7, 11) is 1.26. The molecule has 0 saturated heterocycles. The van der Waals surface area contributed by atoms with E-state index in [2.05, 4.69) is 20.0 Å². The summed E-state index contributed by atoms with van der Waals surface area (Å²) in [5.74, 6) is 0.524. The van der Waals surface area contributed by atoms with Gasteiger partial charge in [-0.3, -0.25) is 4.79 Å². The number of H-pyrrole nitrogens is 1. The van der Waals surface area contributed by atoms with Crippen molar-refractivity contribution in [3.05, 3.63) is 41.9 Å². The van der Waals surface area contributed by atoms with E-state index in [4.69, 9.17) is 0 Å². The molecular weight excluding hydrogens is 320 g/mol. The number of amides is 2. The predicted molar refractivity (Wildman–Crippen MR) is 94.9 cm³/mol. The van der Waals surface area contributed by atoms with E-state index < -0.39 is 6.09 Å². The van der Waals surface area contributed by atoms with E-state index in [9.17, 15) is 9.59 Å². The van der Waals surface area contributed by atoms with Crippen molar-refractivity contribution in [1.82, 2.24) is 20.2 Å². The van der Waals surface area contributed by atoms with Crippen molar-refractivity contribution in [2.45, 2.75) is 26.8 Å². The molecule has 1 aromatic heterocycles. The Bertz CT molecular complexity index is 709. The van der Waals surface area contributed by atoms with E-state index in [1.165, 1.54) is 12.7 Å². The number of nitrogens with one attached hydrogen (secondary N) is 2. The summed E-state index contributed by atoms with van der Waals surface area (Å²) in [6, 6.07) is 8.15. The van der Waals surface area contributed by atoms with Gasteiger partial charge in [0, 0.05) is 6.54 Å². The number of benzene rings is 1. The van der Waals surface area contributed by atoms with E-state index in [-0.39, 0.29) is 12.5 Å². The summed E-state index contributed by atoms with van der Waals surface area (Å²) in [5, 5.41) is 2.41. The highest BCUT2D eigenvalue weighted by Gasteiger charge is 2.16. The third kappa shape index (κ3) is 5.34.